The molecular formula is C9H11NO4S. The van der Waals surface area contributed by atoms with Gasteiger partial charge in [-0.1, -0.05) is 0 Å². The monoisotopic (exact) mass is 229 g/mol. The zero-order chi connectivity index (χ0) is 11.5. The molecule has 0 bridgehead atoms. The third-order valence-corrected chi connectivity index (χ3v) is 2.75. The Morgan fingerprint density at radius 1 is 1.53 bits per heavy atom. The first-order valence-corrected chi connectivity index (χ1v) is 6.17. The lowest BCUT2D eigenvalue weighted by Crippen LogP contribution is -2.08. The SMILES string of the molecule is CCOC(=O)c1cc(S(C)(=O)=O)ccn1. The fourth-order valence-electron chi connectivity index (χ4n) is 0.958. The molecule has 6 heteroatoms. The minimum atomic E-state index is -3.32. The molecule has 0 aliphatic rings. The number of hydrogen-bond donors (Lipinski definition) is 0. The molecule has 1 rings (SSSR count). The first-order valence-electron chi connectivity index (χ1n) is 4.28. The number of nitrogens with zero attached hydrogens (tertiary/aromatic N) is 1. The number of aromatic nitrogens is 1. The summed E-state index contributed by atoms with van der Waals surface area (Å²) in [4.78, 5) is 15.0. The van der Waals surface area contributed by atoms with Crippen LogP contribution in [0.25, 0.3) is 0 Å². The lowest BCUT2D eigenvalue weighted by molar-refractivity contribution is 0.0519. The van der Waals surface area contributed by atoms with Gasteiger partial charge in [-0.2, -0.15) is 0 Å². The van der Waals surface area contributed by atoms with E-state index in [1.54, 1.807) is 6.92 Å². The maximum absolute atomic E-state index is 11.2. The van der Waals surface area contributed by atoms with Gasteiger partial charge in [0.15, 0.2) is 9.84 Å². The van der Waals surface area contributed by atoms with Crippen LogP contribution in [-0.2, 0) is 14.6 Å². The Kier molecular flexibility index (Phi) is 3.41. The van der Waals surface area contributed by atoms with Gasteiger partial charge < -0.3 is 4.74 Å². The van der Waals surface area contributed by atoms with Gasteiger partial charge in [0, 0.05) is 12.5 Å². The molecule has 0 aliphatic heterocycles. The number of ether oxygens (including phenoxy) is 1. The van der Waals surface area contributed by atoms with E-state index in [9.17, 15) is 13.2 Å². The number of esters is 1. The lowest BCUT2D eigenvalue weighted by atomic mass is 10.3. The van der Waals surface area contributed by atoms with Crippen molar-refractivity contribution < 1.29 is 17.9 Å². The van der Waals surface area contributed by atoms with Crippen molar-refractivity contribution in [3.8, 4) is 0 Å². The highest BCUT2D eigenvalue weighted by molar-refractivity contribution is 7.90. The van der Waals surface area contributed by atoms with Crippen LogP contribution < -0.4 is 0 Å². The molecule has 0 aromatic carbocycles. The quantitative estimate of drug-likeness (QED) is 0.712. The van der Waals surface area contributed by atoms with Crippen LogP contribution in [0.4, 0.5) is 0 Å². The summed E-state index contributed by atoms with van der Waals surface area (Å²) in [7, 11) is -3.32. The molecule has 5 nitrogen and oxygen atoms in total. The lowest BCUT2D eigenvalue weighted by Gasteiger charge is -2.02. The highest BCUT2D eigenvalue weighted by Crippen LogP contribution is 2.09. The van der Waals surface area contributed by atoms with Gasteiger partial charge >= 0.3 is 5.97 Å². The topological polar surface area (TPSA) is 73.3 Å². The molecule has 1 heterocycles. The molecule has 0 aliphatic carbocycles. The van der Waals surface area contributed by atoms with Crippen LogP contribution in [-0.4, -0.2) is 32.2 Å². The van der Waals surface area contributed by atoms with Crippen molar-refractivity contribution in [2.45, 2.75) is 11.8 Å². The number of hydrogen-bond acceptors (Lipinski definition) is 5. The standard InChI is InChI=1S/C9H11NO4S/c1-3-14-9(11)8-6-7(4-5-10-8)15(2,12)13/h4-6H,3H2,1-2H3. The zero-order valence-electron chi connectivity index (χ0n) is 8.43. The van der Waals surface area contributed by atoms with Crippen molar-refractivity contribution >= 4 is 15.8 Å². The summed E-state index contributed by atoms with van der Waals surface area (Å²) in [6.07, 6.45) is 2.33. The Bertz CT molecular complexity index is 467. The van der Waals surface area contributed by atoms with E-state index in [0.29, 0.717) is 0 Å². The smallest absolute Gasteiger partial charge is 0.356 e. The van der Waals surface area contributed by atoms with Gasteiger partial charge in [-0.25, -0.2) is 18.2 Å². The van der Waals surface area contributed by atoms with Crippen LogP contribution in [0, 0.1) is 0 Å². The highest BCUT2D eigenvalue weighted by Gasteiger charge is 2.13. The highest BCUT2D eigenvalue weighted by atomic mass is 32.2. The average molecular weight is 229 g/mol. The Labute approximate surface area is 88.0 Å². The summed E-state index contributed by atoms with van der Waals surface area (Å²) in [5.41, 5.74) is -0.000208. The Hall–Kier alpha value is -1.43. The van der Waals surface area contributed by atoms with Crippen molar-refractivity contribution in [2.24, 2.45) is 0 Å². The van der Waals surface area contributed by atoms with Gasteiger partial charge in [0.05, 0.1) is 11.5 Å². The maximum Gasteiger partial charge on any atom is 0.356 e. The summed E-state index contributed by atoms with van der Waals surface area (Å²) in [5.74, 6) is -0.622. The Morgan fingerprint density at radius 3 is 2.73 bits per heavy atom. The molecule has 0 unspecified atom stereocenters. The Balaban J connectivity index is 3.09. The van der Waals surface area contributed by atoms with Crippen LogP contribution in [0.15, 0.2) is 23.2 Å². The van der Waals surface area contributed by atoms with Crippen molar-refractivity contribution in [1.29, 1.82) is 0 Å². The van der Waals surface area contributed by atoms with Crippen molar-refractivity contribution in [2.75, 3.05) is 12.9 Å². The number of pyridine rings is 1. The number of sulfone groups is 1. The summed E-state index contributed by atoms with van der Waals surface area (Å²) in [5, 5.41) is 0. The molecule has 0 atom stereocenters. The number of carbonyl (C=O) groups excluding carboxylic acids is 1. The van der Waals surface area contributed by atoms with Crippen molar-refractivity contribution in [3.63, 3.8) is 0 Å². The van der Waals surface area contributed by atoms with E-state index in [0.717, 1.165) is 6.26 Å². The predicted molar refractivity (Wildman–Crippen MR) is 53.3 cm³/mol. The zero-order valence-corrected chi connectivity index (χ0v) is 9.24. The third kappa shape index (κ3) is 3.02. The first kappa shape index (κ1) is 11.6. The van der Waals surface area contributed by atoms with E-state index in [-0.39, 0.29) is 17.2 Å². The van der Waals surface area contributed by atoms with Crippen LogP contribution in [0.3, 0.4) is 0 Å². The second kappa shape index (κ2) is 4.39. The molecule has 15 heavy (non-hydrogen) atoms. The van der Waals surface area contributed by atoms with E-state index in [1.165, 1.54) is 18.3 Å². The Morgan fingerprint density at radius 2 is 2.20 bits per heavy atom. The van der Waals surface area contributed by atoms with E-state index < -0.39 is 15.8 Å². The van der Waals surface area contributed by atoms with Crippen molar-refractivity contribution in [3.05, 3.63) is 24.0 Å². The van der Waals surface area contributed by atoms with E-state index >= 15 is 0 Å². The fraction of sp³-hybridized carbons (Fsp3) is 0.333. The maximum atomic E-state index is 11.2. The summed E-state index contributed by atoms with van der Waals surface area (Å²) in [6, 6.07) is 2.53. The molecule has 0 saturated heterocycles. The van der Waals surface area contributed by atoms with E-state index in [4.69, 9.17) is 4.74 Å². The van der Waals surface area contributed by atoms with Gasteiger partial charge in [-0.15, -0.1) is 0 Å². The van der Waals surface area contributed by atoms with Gasteiger partial charge in [-0.3, -0.25) is 0 Å². The molecule has 0 spiro atoms. The first-order chi connectivity index (χ1) is 6.95. The van der Waals surface area contributed by atoms with Crippen molar-refractivity contribution in [1.82, 2.24) is 4.98 Å². The average Bonchev–Trinajstić information content (AvgIpc) is 2.17. The summed E-state index contributed by atoms with van der Waals surface area (Å²) in [6.45, 7) is 1.89. The molecule has 82 valence electrons. The largest absolute Gasteiger partial charge is 0.461 e. The normalized spacial score (nSPS) is 11.1. The summed E-state index contributed by atoms with van der Waals surface area (Å²) < 4.78 is 27.1. The number of carbonyl (C=O) groups is 1. The minimum Gasteiger partial charge on any atom is -0.461 e. The van der Waals surface area contributed by atoms with Crippen LogP contribution >= 0.6 is 0 Å². The molecule has 0 amide bonds. The molecule has 0 fully saturated rings. The van der Waals surface area contributed by atoms with Gasteiger partial charge in [-0.05, 0) is 19.1 Å². The molecule has 1 aromatic rings. The molecular weight excluding hydrogens is 218 g/mol. The minimum absolute atomic E-state index is 0.000208. The number of rotatable bonds is 3. The molecule has 0 N–H and O–H groups in total. The van der Waals surface area contributed by atoms with E-state index in [1.807, 2.05) is 0 Å². The van der Waals surface area contributed by atoms with Crippen LogP contribution in [0.1, 0.15) is 17.4 Å². The van der Waals surface area contributed by atoms with Crippen LogP contribution in [0.2, 0.25) is 0 Å². The molecule has 1 aromatic heterocycles. The fourth-order valence-corrected chi connectivity index (χ4v) is 1.59. The second-order valence-electron chi connectivity index (χ2n) is 2.87. The predicted octanol–water partition coefficient (Wildman–Crippen LogP) is 0.662. The third-order valence-electron chi connectivity index (χ3n) is 1.64. The van der Waals surface area contributed by atoms with Crippen LogP contribution in [0.5, 0.6) is 0 Å². The summed E-state index contributed by atoms with van der Waals surface area (Å²) >= 11 is 0. The molecule has 0 radical (unpaired) electrons. The van der Waals surface area contributed by atoms with Gasteiger partial charge in [0.25, 0.3) is 0 Å². The van der Waals surface area contributed by atoms with Gasteiger partial charge in [0.2, 0.25) is 0 Å². The second-order valence-corrected chi connectivity index (χ2v) is 4.89. The van der Waals surface area contributed by atoms with E-state index in [2.05, 4.69) is 4.98 Å². The van der Waals surface area contributed by atoms with Gasteiger partial charge in [0.1, 0.15) is 5.69 Å². The molecule has 0 saturated carbocycles.